The lowest BCUT2D eigenvalue weighted by atomic mass is 10.2. The van der Waals surface area contributed by atoms with Gasteiger partial charge in [-0.25, -0.2) is 0 Å². The first-order chi connectivity index (χ1) is 7.15. The maximum Gasteiger partial charge on any atom is 0.241 e. The maximum atomic E-state index is 11.4. The van der Waals surface area contributed by atoms with Crippen molar-refractivity contribution in [2.24, 2.45) is 5.73 Å². The Kier molecular flexibility index (Phi) is 4.12. The molecule has 15 heavy (non-hydrogen) atoms. The Morgan fingerprint density at radius 1 is 1.53 bits per heavy atom. The van der Waals surface area contributed by atoms with Crippen molar-refractivity contribution >= 4 is 11.6 Å². The van der Waals surface area contributed by atoms with Gasteiger partial charge < -0.3 is 15.8 Å². The van der Waals surface area contributed by atoms with Gasteiger partial charge in [0.25, 0.3) is 0 Å². The smallest absolute Gasteiger partial charge is 0.241 e. The van der Waals surface area contributed by atoms with Crippen LogP contribution in [-0.4, -0.2) is 18.6 Å². The molecular formula is C11H16N2O2. The van der Waals surface area contributed by atoms with E-state index in [0.29, 0.717) is 18.0 Å². The predicted octanol–water partition coefficient (Wildman–Crippen LogP) is 1.37. The topological polar surface area (TPSA) is 64.3 Å². The molecule has 0 spiro atoms. The number of hydrogen-bond acceptors (Lipinski definition) is 3. The third-order valence-electron chi connectivity index (χ3n) is 1.86. The molecule has 1 aromatic carbocycles. The van der Waals surface area contributed by atoms with Gasteiger partial charge in [0.2, 0.25) is 5.91 Å². The molecule has 0 aliphatic carbocycles. The molecule has 0 aromatic heterocycles. The van der Waals surface area contributed by atoms with E-state index in [1.165, 1.54) is 0 Å². The number of anilines is 1. The molecule has 1 aromatic rings. The molecule has 1 atom stereocenters. The standard InChI is InChI=1S/C11H16N2O2/c1-3-15-10-7-5-4-6-9(10)13-11(14)8(2)12/h4-8H,3,12H2,1-2H3,(H,13,14). The largest absolute Gasteiger partial charge is 0.492 e. The van der Waals surface area contributed by atoms with Crippen molar-refractivity contribution in [1.29, 1.82) is 0 Å². The Morgan fingerprint density at radius 3 is 2.80 bits per heavy atom. The van der Waals surface area contributed by atoms with Crippen LogP contribution in [-0.2, 0) is 4.79 Å². The fraction of sp³-hybridized carbons (Fsp3) is 0.364. The number of para-hydroxylation sites is 2. The average molecular weight is 208 g/mol. The van der Waals surface area contributed by atoms with Crippen molar-refractivity contribution in [3.63, 3.8) is 0 Å². The molecular weight excluding hydrogens is 192 g/mol. The van der Waals surface area contributed by atoms with Gasteiger partial charge in [0.15, 0.2) is 0 Å². The minimum atomic E-state index is -0.528. The van der Waals surface area contributed by atoms with Gasteiger partial charge in [0, 0.05) is 0 Å². The molecule has 1 amide bonds. The van der Waals surface area contributed by atoms with Crippen LogP contribution in [0.3, 0.4) is 0 Å². The number of nitrogens with two attached hydrogens (primary N) is 1. The van der Waals surface area contributed by atoms with E-state index in [1.54, 1.807) is 19.1 Å². The monoisotopic (exact) mass is 208 g/mol. The Balaban J connectivity index is 2.79. The summed E-state index contributed by atoms with van der Waals surface area (Å²) in [5.41, 5.74) is 6.11. The fourth-order valence-electron chi connectivity index (χ4n) is 1.10. The van der Waals surface area contributed by atoms with Crippen molar-refractivity contribution in [2.45, 2.75) is 19.9 Å². The number of carbonyl (C=O) groups excluding carboxylic acids is 1. The molecule has 0 bridgehead atoms. The number of benzene rings is 1. The summed E-state index contributed by atoms with van der Waals surface area (Å²) in [6, 6.07) is 6.75. The van der Waals surface area contributed by atoms with Gasteiger partial charge in [-0.2, -0.15) is 0 Å². The summed E-state index contributed by atoms with van der Waals surface area (Å²) in [5.74, 6) is 0.441. The van der Waals surface area contributed by atoms with E-state index in [-0.39, 0.29) is 5.91 Å². The van der Waals surface area contributed by atoms with Gasteiger partial charge in [0.1, 0.15) is 5.75 Å². The fourth-order valence-corrected chi connectivity index (χ4v) is 1.10. The summed E-state index contributed by atoms with van der Waals surface area (Å²) in [7, 11) is 0. The number of hydrogen-bond donors (Lipinski definition) is 2. The normalized spacial score (nSPS) is 11.9. The SMILES string of the molecule is CCOc1ccccc1NC(=O)C(C)N. The Labute approximate surface area is 89.4 Å². The lowest BCUT2D eigenvalue weighted by Crippen LogP contribution is -2.32. The van der Waals surface area contributed by atoms with Crippen LogP contribution in [0.15, 0.2) is 24.3 Å². The van der Waals surface area contributed by atoms with Crippen molar-refractivity contribution in [2.75, 3.05) is 11.9 Å². The van der Waals surface area contributed by atoms with Crippen LogP contribution in [0.4, 0.5) is 5.69 Å². The number of nitrogens with one attached hydrogen (secondary N) is 1. The molecule has 0 aliphatic heterocycles. The van der Waals surface area contributed by atoms with Crippen molar-refractivity contribution in [3.8, 4) is 5.75 Å². The highest BCUT2D eigenvalue weighted by molar-refractivity contribution is 5.95. The summed E-state index contributed by atoms with van der Waals surface area (Å²) in [4.78, 5) is 11.4. The van der Waals surface area contributed by atoms with Gasteiger partial charge in [-0.05, 0) is 26.0 Å². The first-order valence-corrected chi connectivity index (χ1v) is 4.93. The molecule has 4 heteroatoms. The number of rotatable bonds is 4. The van der Waals surface area contributed by atoms with Crippen LogP contribution < -0.4 is 15.8 Å². The Bertz CT molecular complexity index is 337. The number of amides is 1. The first-order valence-electron chi connectivity index (χ1n) is 4.93. The summed E-state index contributed by atoms with van der Waals surface area (Å²) >= 11 is 0. The second kappa shape index (κ2) is 5.36. The second-order valence-electron chi connectivity index (χ2n) is 3.21. The van der Waals surface area contributed by atoms with Crippen molar-refractivity contribution in [3.05, 3.63) is 24.3 Å². The van der Waals surface area contributed by atoms with Crippen LogP contribution in [0.1, 0.15) is 13.8 Å². The molecule has 0 radical (unpaired) electrons. The van der Waals surface area contributed by atoms with Crippen LogP contribution >= 0.6 is 0 Å². The molecule has 0 aliphatic rings. The number of ether oxygens (including phenoxy) is 1. The molecule has 1 unspecified atom stereocenters. The molecule has 0 heterocycles. The quantitative estimate of drug-likeness (QED) is 0.785. The van der Waals surface area contributed by atoms with Crippen molar-refractivity contribution < 1.29 is 9.53 Å². The van der Waals surface area contributed by atoms with Gasteiger partial charge in [-0.3, -0.25) is 4.79 Å². The molecule has 0 fully saturated rings. The number of carbonyl (C=O) groups is 1. The average Bonchev–Trinajstić information content (AvgIpc) is 2.21. The van der Waals surface area contributed by atoms with Crippen LogP contribution in [0.2, 0.25) is 0 Å². The zero-order valence-electron chi connectivity index (χ0n) is 8.99. The maximum absolute atomic E-state index is 11.4. The Morgan fingerprint density at radius 2 is 2.20 bits per heavy atom. The highest BCUT2D eigenvalue weighted by Gasteiger charge is 2.10. The lowest BCUT2D eigenvalue weighted by Gasteiger charge is -2.12. The van der Waals surface area contributed by atoms with Gasteiger partial charge in [-0.15, -0.1) is 0 Å². The molecule has 0 saturated heterocycles. The third-order valence-corrected chi connectivity index (χ3v) is 1.86. The second-order valence-corrected chi connectivity index (χ2v) is 3.21. The van der Waals surface area contributed by atoms with Gasteiger partial charge in [0.05, 0.1) is 18.3 Å². The summed E-state index contributed by atoms with van der Waals surface area (Å²) < 4.78 is 5.36. The lowest BCUT2D eigenvalue weighted by molar-refractivity contribution is -0.117. The summed E-state index contributed by atoms with van der Waals surface area (Å²) in [6.45, 7) is 4.09. The van der Waals surface area contributed by atoms with Crippen molar-refractivity contribution in [1.82, 2.24) is 0 Å². The van der Waals surface area contributed by atoms with Crippen LogP contribution in [0, 0.1) is 0 Å². The van der Waals surface area contributed by atoms with E-state index in [4.69, 9.17) is 10.5 Å². The van der Waals surface area contributed by atoms with E-state index in [2.05, 4.69) is 5.32 Å². The Hall–Kier alpha value is -1.55. The van der Waals surface area contributed by atoms with E-state index in [0.717, 1.165) is 0 Å². The minimum Gasteiger partial charge on any atom is -0.492 e. The summed E-state index contributed by atoms with van der Waals surface area (Å²) in [6.07, 6.45) is 0. The highest BCUT2D eigenvalue weighted by atomic mass is 16.5. The zero-order chi connectivity index (χ0) is 11.3. The molecule has 82 valence electrons. The van der Waals surface area contributed by atoms with E-state index < -0.39 is 6.04 Å². The highest BCUT2D eigenvalue weighted by Crippen LogP contribution is 2.23. The van der Waals surface area contributed by atoms with E-state index >= 15 is 0 Å². The van der Waals surface area contributed by atoms with Gasteiger partial charge >= 0.3 is 0 Å². The molecule has 1 rings (SSSR count). The van der Waals surface area contributed by atoms with E-state index in [9.17, 15) is 4.79 Å². The summed E-state index contributed by atoms with van der Waals surface area (Å²) in [5, 5.41) is 2.71. The van der Waals surface area contributed by atoms with Crippen LogP contribution in [0.5, 0.6) is 5.75 Å². The van der Waals surface area contributed by atoms with E-state index in [1.807, 2.05) is 19.1 Å². The minimum absolute atomic E-state index is 0.220. The molecule has 0 saturated carbocycles. The third kappa shape index (κ3) is 3.25. The predicted molar refractivity (Wildman–Crippen MR) is 59.9 cm³/mol. The molecule has 3 N–H and O–H groups in total. The zero-order valence-corrected chi connectivity index (χ0v) is 8.99. The molecule has 4 nitrogen and oxygen atoms in total. The first kappa shape index (κ1) is 11.5. The van der Waals surface area contributed by atoms with Crippen LogP contribution in [0.25, 0.3) is 0 Å². The van der Waals surface area contributed by atoms with Gasteiger partial charge in [-0.1, -0.05) is 12.1 Å².